The third kappa shape index (κ3) is 5.69. The molecular weight excluding hydrogens is 386 g/mol. The van der Waals surface area contributed by atoms with Crippen molar-refractivity contribution in [2.75, 3.05) is 35.7 Å². The molecule has 28 heavy (non-hydrogen) atoms. The van der Waals surface area contributed by atoms with Crippen LogP contribution in [0.4, 0.5) is 20.2 Å². The molecule has 1 aliphatic heterocycles. The van der Waals surface area contributed by atoms with Crippen LogP contribution in [-0.2, 0) is 14.3 Å². The van der Waals surface area contributed by atoms with Crippen molar-refractivity contribution in [3.8, 4) is 0 Å². The van der Waals surface area contributed by atoms with Crippen molar-refractivity contribution < 1.29 is 23.1 Å². The van der Waals surface area contributed by atoms with E-state index in [1.165, 1.54) is 12.8 Å². The maximum absolute atomic E-state index is 13.5. The quantitative estimate of drug-likeness (QED) is 0.559. The van der Waals surface area contributed by atoms with Crippen LogP contribution in [0.25, 0.3) is 0 Å². The lowest BCUT2D eigenvalue weighted by molar-refractivity contribution is -0.144. The number of hydrogen-bond donors (Lipinski definition) is 1. The Bertz CT molecular complexity index is 840. The lowest BCUT2D eigenvalue weighted by atomic mass is 10.2. The van der Waals surface area contributed by atoms with Crippen molar-refractivity contribution >= 4 is 35.0 Å². The molecule has 1 aliphatic rings. The Hall–Kier alpha value is -2.61. The first-order valence-electron chi connectivity index (χ1n) is 8.89. The van der Waals surface area contributed by atoms with E-state index in [2.05, 4.69) is 10.2 Å². The number of anilines is 2. The van der Waals surface area contributed by atoms with E-state index in [1.54, 1.807) is 12.1 Å². The number of carbonyl (C=O) groups excluding carboxylic acids is 2. The van der Waals surface area contributed by atoms with E-state index in [9.17, 15) is 18.4 Å². The van der Waals surface area contributed by atoms with E-state index >= 15 is 0 Å². The summed E-state index contributed by atoms with van der Waals surface area (Å²) in [6.45, 7) is 1.64. The van der Waals surface area contributed by atoms with Gasteiger partial charge in [0.2, 0.25) is 0 Å². The van der Waals surface area contributed by atoms with Gasteiger partial charge < -0.3 is 15.0 Å². The van der Waals surface area contributed by atoms with Gasteiger partial charge in [0.05, 0.1) is 5.75 Å². The lowest BCUT2D eigenvalue weighted by Crippen LogP contribution is -2.22. The standard InChI is InChI=1S/C20H20F2N2O3S/c21-14-3-8-17(22)18(11-14)28-13-20(26)27-12-19(25)23-15-4-6-16(7-5-15)24-9-1-2-10-24/h3-8,11H,1-2,9-10,12-13H2,(H,23,25). The maximum atomic E-state index is 13.5. The summed E-state index contributed by atoms with van der Waals surface area (Å²) in [6.07, 6.45) is 2.38. The zero-order chi connectivity index (χ0) is 19.9. The van der Waals surface area contributed by atoms with E-state index in [-0.39, 0.29) is 10.6 Å². The largest absolute Gasteiger partial charge is 0.455 e. The molecule has 1 heterocycles. The molecule has 0 bridgehead atoms. The molecule has 3 rings (SSSR count). The molecule has 1 saturated heterocycles. The second-order valence-corrected chi connectivity index (χ2v) is 7.33. The number of benzene rings is 2. The van der Waals surface area contributed by atoms with Crippen LogP contribution >= 0.6 is 11.8 Å². The number of ether oxygens (including phenoxy) is 1. The molecule has 2 aromatic carbocycles. The Morgan fingerprint density at radius 1 is 1.07 bits per heavy atom. The molecule has 1 fully saturated rings. The molecule has 1 amide bonds. The average molecular weight is 406 g/mol. The summed E-state index contributed by atoms with van der Waals surface area (Å²) in [5.74, 6) is -2.59. The molecule has 0 atom stereocenters. The number of halogens is 2. The number of amides is 1. The zero-order valence-corrected chi connectivity index (χ0v) is 15.9. The van der Waals surface area contributed by atoms with Crippen molar-refractivity contribution in [1.29, 1.82) is 0 Å². The van der Waals surface area contributed by atoms with Gasteiger partial charge in [0, 0.05) is 29.4 Å². The second-order valence-electron chi connectivity index (χ2n) is 6.31. The molecule has 8 heteroatoms. The highest BCUT2D eigenvalue weighted by atomic mass is 32.2. The first-order valence-corrected chi connectivity index (χ1v) is 9.88. The maximum Gasteiger partial charge on any atom is 0.316 e. The second kappa shape index (κ2) is 9.54. The van der Waals surface area contributed by atoms with Crippen LogP contribution in [0.5, 0.6) is 0 Å². The molecule has 0 radical (unpaired) electrons. The number of hydrogen-bond acceptors (Lipinski definition) is 5. The van der Waals surface area contributed by atoms with E-state index in [0.717, 1.165) is 48.7 Å². The van der Waals surface area contributed by atoms with Gasteiger partial charge in [-0.25, -0.2) is 8.78 Å². The molecule has 0 spiro atoms. The number of carbonyl (C=O) groups is 2. The number of nitrogens with zero attached hydrogens (tertiary/aromatic N) is 1. The normalized spacial score (nSPS) is 13.4. The van der Waals surface area contributed by atoms with Gasteiger partial charge in [0.1, 0.15) is 11.6 Å². The Morgan fingerprint density at radius 3 is 2.50 bits per heavy atom. The summed E-state index contributed by atoms with van der Waals surface area (Å²) in [4.78, 5) is 25.9. The molecule has 0 saturated carbocycles. The Kier molecular flexibility index (Phi) is 6.86. The summed E-state index contributed by atoms with van der Waals surface area (Å²) in [6, 6.07) is 10.5. The molecule has 0 aromatic heterocycles. The first kappa shape index (κ1) is 20.1. The van der Waals surface area contributed by atoms with Crippen LogP contribution in [0.15, 0.2) is 47.4 Å². The van der Waals surface area contributed by atoms with Crippen LogP contribution in [-0.4, -0.2) is 37.3 Å². The average Bonchev–Trinajstić information content (AvgIpc) is 3.22. The minimum absolute atomic E-state index is 0.0134. The molecular formula is C20H20F2N2O3S. The van der Waals surface area contributed by atoms with E-state index in [4.69, 9.17) is 4.74 Å². The monoisotopic (exact) mass is 406 g/mol. The number of nitrogens with one attached hydrogen (secondary N) is 1. The van der Waals surface area contributed by atoms with Crippen LogP contribution in [0, 0.1) is 11.6 Å². The van der Waals surface area contributed by atoms with Crippen molar-refractivity contribution in [3.05, 3.63) is 54.1 Å². The smallest absolute Gasteiger partial charge is 0.316 e. The molecule has 2 aromatic rings. The number of esters is 1. The first-order chi connectivity index (χ1) is 13.5. The predicted octanol–water partition coefficient (Wildman–Crippen LogP) is 3.84. The van der Waals surface area contributed by atoms with Crippen molar-refractivity contribution in [1.82, 2.24) is 0 Å². The third-order valence-corrected chi connectivity index (χ3v) is 5.23. The highest BCUT2D eigenvalue weighted by molar-refractivity contribution is 8.00. The van der Waals surface area contributed by atoms with Crippen LogP contribution in [0.3, 0.4) is 0 Å². The fourth-order valence-corrected chi connectivity index (χ4v) is 3.60. The van der Waals surface area contributed by atoms with Gasteiger partial charge in [-0.15, -0.1) is 11.8 Å². The van der Waals surface area contributed by atoms with Crippen molar-refractivity contribution in [2.24, 2.45) is 0 Å². The van der Waals surface area contributed by atoms with Gasteiger partial charge in [0.25, 0.3) is 5.91 Å². The summed E-state index contributed by atoms with van der Waals surface area (Å²) in [7, 11) is 0. The number of rotatable bonds is 7. The Labute approximate surface area is 166 Å². The van der Waals surface area contributed by atoms with Gasteiger partial charge in [-0.3, -0.25) is 9.59 Å². The summed E-state index contributed by atoms with van der Waals surface area (Å²) in [5, 5.41) is 2.65. The topological polar surface area (TPSA) is 58.6 Å². The highest BCUT2D eigenvalue weighted by Crippen LogP contribution is 2.23. The minimum atomic E-state index is -0.687. The summed E-state index contributed by atoms with van der Waals surface area (Å²) in [5.41, 5.74) is 1.73. The molecule has 5 nitrogen and oxygen atoms in total. The van der Waals surface area contributed by atoms with E-state index in [1.807, 2.05) is 12.1 Å². The third-order valence-electron chi connectivity index (χ3n) is 4.23. The summed E-state index contributed by atoms with van der Waals surface area (Å²) >= 11 is 0.813. The number of thioether (sulfide) groups is 1. The lowest BCUT2D eigenvalue weighted by Gasteiger charge is -2.17. The summed E-state index contributed by atoms with van der Waals surface area (Å²) < 4.78 is 31.5. The highest BCUT2D eigenvalue weighted by Gasteiger charge is 2.13. The Balaban J connectivity index is 1.41. The van der Waals surface area contributed by atoms with Gasteiger partial charge in [0.15, 0.2) is 6.61 Å². The van der Waals surface area contributed by atoms with Crippen molar-refractivity contribution in [2.45, 2.75) is 17.7 Å². The van der Waals surface area contributed by atoms with Gasteiger partial charge >= 0.3 is 5.97 Å². The van der Waals surface area contributed by atoms with Crippen LogP contribution < -0.4 is 10.2 Å². The van der Waals surface area contributed by atoms with E-state index < -0.39 is 30.1 Å². The molecule has 1 N–H and O–H groups in total. The molecule has 0 unspecified atom stereocenters. The van der Waals surface area contributed by atoms with Gasteiger partial charge in [-0.2, -0.15) is 0 Å². The predicted molar refractivity (Wildman–Crippen MR) is 105 cm³/mol. The zero-order valence-electron chi connectivity index (χ0n) is 15.1. The molecule has 0 aliphatic carbocycles. The molecule has 148 valence electrons. The van der Waals surface area contributed by atoms with Gasteiger partial charge in [-0.1, -0.05) is 0 Å². The van der Waals surface area contributed by atoms with Crippen LogP contribution in [0.1, 0.15) is 12.8 Å². The van der Waals surface area contributed by atoms with E-state index in [0.29, 0.717) is 5.69 Å². The SMILES string of the molecule is O=C(COC(=O)CSc1cc(F)ccc1F)Nc1ccc(N2CCCC2)cc1. The fourth-order valence-electron chi connectivity index (χ4n) is 2.84. The Morgan fingerprint density at radius 2 is 1.79 bits per heavy atom. The minimum Gasteiger partial charge on any atom is -0.455 e. The fraction of sp³-hybridized carbons (Fsp3) is 0.300. The van der Waals surface area contributed by atoms with Crippen molar-refractivity contribution in [3.63, 3.8) is 0 Å². The van der Waals surface area contributed by atoms with Gasteiger partial charge in [-0.05, 0) is 55.3 Å². The van der Waals surface area contributed by atoms with Crippen LogP contribution in [0.2, 0.25) is 0 Å².